The van der Waals surface area contributed by atoms with Gasteiger partial charge in [0.2, 0.25) is 0 Å². The highest BCUT2D eigenvalue weighted by Gasteiger charge is 2.44. The summed E-state index contributed by atoms with van der Waals surface area (Å²) in [4.78, 5) is 13.8. The number of ketones is 1. The van der Waals surface area contributed by atoms with E-state index in [0.29, 0.717) is 29.7 Å². The molecule has 0 saturated carbocycles. The summed E-state index contributed by atoms with van der Waals surface area (Å²) in [6, 6.07) is 21.1. The summed E-state index contributed by atoms with van der Waals surface area (Å²) in [5, 5.41) is 8.71. The Bertz CT molecular complexity index is 1660. The number of aromatic nitrogens is 2. The molecule has 0 amide bonds. The number of anilines is 1. The molecule has 204 valence electrons. The summed E-state index contributed by atoms with van der Waals surface area (Å²) in [5.74, 6) is 0.180. The molecule has 2 heterocycles. The summed E-state index contributed by atoms with van der Waals surface area (Å²) in [6.45, 7) is 8.20. The van der Waals surface area contributed by atoms with Gasteiger partial charge < -0.3 is 5.32 Å². The van der Waals surface area contributed by atoms with Crippen LogP contribution in [-0.4, -0.2) is 15.6 Å². The second-order valence-corrected chi connectivity index (χ2v) is 11.7. The smallest absolute Gasteiger partial charge is 0.343 e. The van der Waals surface area contributed by atoms with Crippen molar-refractivity contribution in [2.24, 2.45) is 5.41 Å². The van der Waals surface area contributed by atoms with E-state index in [1.54, 1.807) is 0 Å². The molecule has 1 unspecified atom stereocenters. The second-order valence-electron chi connectivity index (χ2n) is 11.7. The van der Waals surface area contributed by atoms with Crippen LogP contribution in [0.25, 0.3) is 16.9 Å². The number of carbonyl (C=O) groups excluding carboxylic acids is 1. The minimum absolute atomic E-state index is 0.00701. The Morgan fingerprint density at radius 2 is 1.65 bits per heavy atom. The average molecular weight is 542 g/mol. The standard InChI is InChI=1S/C33H30F3N3O/c1-19-10-15-25(20(2)16-19)39-31-29(30(38-39)22-8-6-5-7-9-22)27(21-11-13-23(14-12-21)33(34,35)36)28-24(37-31)17-32(3,4)18-26(28)40/h5-16,27,37H,17-18H2,1-4H3. The Balaban J connectivity index is 1.65. The van der Waals surface area contributed by atoms with Gasteiger partial charge in [-0.2, -0.15) is 18.3 Å². The molecule has 1 aromatic heterocycles. The molecule has 7 heteroatoms. The van der Waals surface area contributed by atoms with E-state index in [4.69, 9.17) is 5.10 Å². The fourth-order valence-corrected chi connectivity index (χ4v) is 6.12. The molecule has 4 aromatic rings. The molecular weight excluding hydrogens is 511 g/mol. The third kappa shape index (κ3) is 4.43. The predicted octanol–water partition coefficient (Wildman–Crippen LogP) is 8.38. The molecule has 1 N–H and O–H groups in total. The van der Waals surface area contributed by atoms with Crippen LogP contribution in [0.1, 0.15) is 60.4 Å². The number of allylic oxidation sites excluding steroid dienone is 2. The van der Waals surface area contributed by atoms with Crippen LogP contribution in [0.2, 0.25) is 0 Å². The highest BCUT2D eigenvalue weighted by Crippen LogP contribution is 2.52. The molecule has 0 fully saturated rings. The number of hydrogen-bond donors (Lipinski definition) is 1. The first kappa shape index (κ1) is 26.1. The van der Waals surface area contributed by atoms with Crippen molar-refractivity contribution in [2.75, 3.05) is 5.32 Å². The van der Waals surface area contributed by atoms with E-state index in [9.17, 15) is 18.0 Å². The third-order valence-corrected chi connectivity index (χ3v) is 7.89. The van der Waals surface area contributed by atoms with Crippen LogP contribution >= 0.6 is 0 Å². The van der Waals surface area contributed by atoms with Gasteiger partial charge in [-0.1, -0.05) is 74.0 Å². The number of halogens is 3. The average Bonchev–Trinajstić information content (AvgIpc) is 3.25. The van der Waals surface area contributed by atoms with Gasteiger partial charge in [0.15, 0.2) is 5.78 Å². The van der Waals surface area contributed by atoms with Crippen molar-refractivity contribution in [1.29, 1.82) is 0 Å². The lowest BCUT2D eigenvalue weighted by atomic mass is 9.69. The van der Waals surface area contributed by atoms with Gasteiger partial charge in [-0.05, 0) is 55.0 Å². The zero-order valence-electron chi connectivity index (χ0n) is 22.9. The molecule has 0 radical (unpaired) electrons. The number of rotatable bonds is 3. The maximum Gasteiger partial charge on any atom is 0.416 e. The SMILES string of the molecule is Cc1ccc(-n2nc(-c3ccccc3)c3c2NC2=C(C(=O)CC(C)(C)C2)C3c2ccc(C(F)(F)F)cc2)c(C)c1. The van der Waals surface area contributed by atoms with Crippen molar-refractivity contribution in [3.05, 3.63) is 112 Å². The molecule has 2 aliphatic rings. The molecule has 0 spiro atoms. The van der Waals surface area contributed by atoms with Crippen molar-refractivity contribution in [3.63, 3.8) is 0 Å². The number of nitrogens with one attached hydrogen (secondary N) is 1. The van der Waals surface area contributed by atoms with Crippen LogP contribution in [0.15, 0.2) is 84.1 Å². The van der Waals surface area contributed by atoms with Gasteiger partial charge in [0.1, 0.15) is 5.82 Å². The van der Waals surface area contributed by atoms with Gasteiger partial charge in [0.25, 0.3) is 0 Å². The van der Waals surface area contributed by atoms with Gasteiger partial charge in [-0.3, -0.25) is 4.79 Å². The van der Waals surface area contributed by atoms with Gasteiger partial charge >= 0.3 is 6.18 Å². The van der Waals surface area contributed by atoms with Gasteiger partial charge in [0, 0.05) is 34.7 Å². The normalized spacial score (nSPS) is 18.3. The van der Waals surface area contributed by atoms with Crippen molar-refractivity contribution < 1.29 is 18.0 Å². The van der Waals surface area contributed by atoms with E-state index < -0.39 is 17.7 Å². The molecule has 3 aromatic carbocycles. The van der Waals surface area contributed by atoms with Gasteiger partial charge in [-0.15, -0.1) is 0 Å². The lowest BCUT2D eigenvalue weighted by molar-refractivity contribution is -0.137. The lowest BCUT2D eigenvalue weighted by Crippen LogP contribution is -2.34. The van der Waals surface area contributed by atoms with E-state index in [2.05, 4.69) is 25.2 Å². The second kappa shape index (κ2) is 9.22. The quantitative estimate of drug-likeness (QED) is 0.283. The summed E-state index contributed by atoms with van der Waals surface area (Å²) < 4.78 is 42.3. The number of benzene rings is 3. The molecule has 4 nitrogen and oxygen atoms in total. The number of fused-ring (bicyclic) bond motifs is 1. The Labute approximate surface area is 231 Å². The maximum atomic E-state index is 13.8. The van der Waals surface area contributed by atoms with E-state index in [1.807, 2.05) is 61.0 Å². The van der Waals surface area contributed by atoms with Crippen molar-refractivity contribution >= 4 is 11.6 Å². The molecular formula is C33H30F3N3O. The lowest BCUT2D eigenvalue weighted by Gasteiger charge is -2.39. The Morgan fingerprint density at radius 1 is 0.950 bits per heavy atom. The van der Waals surface area contributed by atoms with Crippen molar-refractivity contribution in [2.45, 2.75) is 52.6 Å². The van der Waals surface area contributed by atoms with Crippen molar-refractivity contribution in [3.8, 4) is 16.9 Å². The summed E-state index contributed by atoms with van der Waals surface area (Å²) >= 11 is 0. The third-order valence-electron chi connectivity index (χ3n) is 7.89. The first-order valence-corrected chi connectivity index (χ1v) is 13.4. The Kier molecular flexibility index (Phi) is 6.02. The van der Waals surface area contributed by atoms with Crippen LogP contribution in [0, 0.1) is 19.3 Å². The molecule has 1 aliphatic heterocycles. The fourth-order valence-electron chi connectivity index (χ4n) is 6.12. The van der Waals surface area contributed by atoms with Crippen LogP contribution in [0.5, 0.6) is 0 Å². The number of hydrogen-bond acceptors (Lipinski definition) is 3. The topological polar surface area (TPSA) is 46.9 Å². The molecule has 6 rings (SSSR count). The Morgan fingerprint density at radius 3 is 2.30 bits per heavy atom. The van der Waals surface area contributed by atoms with Crippen LogP contribution < -0.4 is 5.32 Å². The highest BCUT2D eigenvalue weighted by molar-refractivity contribution is 6.02. The largest absolute Gasteiger partial charge is 0.416 e. The van der Waals surface area contributed by atoms with Crippen LogP contribution in [0.4, 0.5) is 19.0 Å². The molecule has 1 atom stereocenters. The first-order valence-electron chi connectivity index (χ1n) is 13.4. The zero-order valence-corrected chi connectivity index (χ0v) is 22.9. The van der Waals surface area contributed by atoms with Crippen LogP contribution in [-0.2, 0) is 11.0 Å². The zero-order chi connectivity index (χ0) is 28.4. The molecule has 1 aliphatic carbocycles. The summed E-state index contributed by atoms with van der Waals surface area (Å²) in [5.41, 5.74) is 6.50. The van der Waals surface area contributed by atoms with E-state index in [-0.39, 0.29) is 11.2 Å². The molecule has 0 bridgehead atoms. The van der Waals surface area contributed by atoms with E-state index in [1.165, 1.54) is 12.1 Å². The monoisotopic (exact) mass is 541 g/mol. The minimum atomic E-state index is -4.45. The number of nitrogens with zero attached hydrogens (tertiary/aromatic N) is 2. The van der Waals surface area contributed by atoms with E-state index >= 15 is 0 Å². The van der Waals surface area contributed by atoms with Gasteiger partial charge in [0.05, 0.1) is 16.9 Å². The molecule has 0 saturated heterocycles. The van der Waals surface area contributed by atoms with Crippen molar-refractivity contribution in [1.82, 2.24) is 9.78 Å². The predicted molar refractivity (Wildman–Crippen MR) is 150 cm³/mol. The fraction of sp³-hybridized carbons (Fsp3) is 0.273. The number of alkyl halides is 3. The summed E-state index contributed by atoms with van der Waals surface area (Å²) in [7, 11) is 0. The molecule has 40 heavy (non-hydrogen) atoms. The number of Topliss-reactive ketones (excluding diaryl/α,β-unsaturated/α-hetero) is 1. The highest BCUT2D eigenvalue weighted by atomic mass is 19.4. The minimum Gasteiger partial charge on any atom is -0.343 e. The Hall–Kier alpha value is -4.13. The maximum absolute atomic E-state index is 13.8. The summed E-state index contributed by atoms with van der Waals surface area (Å²) in [6.07, 6.45) is -3.44. The van der Waals surface area contributed by atoms with Gasteiger partial charge in [-0.25, -0.2) is 4.68 Å². The number of carbonyl (C=O) groups is 1. The number of aryl methyl sites for hydroxylation is 2. The van der Waals surface area contributed by atoms with Crippen LogP contribution in [0.3, 0.4) is 0 Å². The first-order chi connectivity index (χ1) is 18.9. The van der Waals surface area contributed by atoms with E-state index in [0.717, 1.165) is 51.6 Å².